The molecule has 0 saturated carbocycles. The van der Waals surface area contributed by atoms with Crippen molar-refractivity contribution in [3.8, 4) is 11.1 Å². The number of pyridine rings is 1. The van der Waals surface area contributed by atoms with Crippen LogP contribution in [-0.4, -0.2) is 9.67 Å². The molecule has 0 saturated heterocycles. The highest BCUT2D eigenvalue weighted by molar-refractivity contribution is 5.80. The zero-order valence-electron chi connectivity index (χ0n) is 12.2. The van der Waals surface area contributed by atoms with Crippen LogP contribution < -0.4 is 5.43 Å². The zero-order valence-corrected chi connectivity index (χ0v) is 12.2. The summed E-state index contributed by atoms with van der Waals surface area (Å²) in [6.07, 6.45) is 1.71. The van der Waals surface area contributed by atoms with E-state index in [1.807, 2.05) is 66.2 Å². The van der Waals surface area contributed by atoms with Gasteiger partial charge in [-0.3, -0.25) is 4.79 Å². The van der Waals surface area contributed by atoms with Crippen molar-refractivity contribution in [3.05, 3.63) is 93.9 Å². The van der Waals surface area contributed by atoms with E-state index in [9.17, 15) is 9.90 Å². The van der Waals surface area contributed by atoms with Gasteiger partial charge in [0.05, 0.1) is 11.3 Å². The minimum Gasteiger partial charge on any atom is -0.374 e. The van der Waals surface area contributed by atoms with E-state index >= 15 is 0 Å². The highest BCUT2D eigenvalue weighted by Crippen LogP contribution is 2.48. The van der Waals surface area contributed by atoms with Crippen LogP contribution in [0.1, 0.15) is 16.8 Å². The van der Waals surface area contributed by atoms with Gasteiger partial charge >= 0.3 is 0 Å². The van der Waals surface area contributed by atoms with E-state index in [0.717, 1.165) is 16.7 Å². The summed E-state index contributed by atoms with van der Waals surface area (Å²) in [5, 5.41) is 11.6. The maximum absolute atomic E-state index is 12.4. The summed E-state index contributed by atoms with van der Waals surface area (Å²) in [5.41, 5.74) is 2.19. The molecule has 1 heterocycles. The molecule has 1 unspecified atom stereocenters. The molecule has 3 heteroatoms. The lowest BCUT2D eigenvalue weighted by Gasteiger charge is -2.28. The van der Waals surface area contributed by atoms with Gasteiger partial charge in [-0.05, 0) is 11.1 Å². The molecule has 1 aromatic heterocycles. The molecule has 3 nitrogen and oxygen atoms in total. The minimum absolute atomic E-state index is 0.0626. The predicted molar refractivity (Wildman–Crippen MR) is 85.7 cm³/mol. The Kier molecular flexibility index (Phi) is 2.62. The molecule has 2 aromatic carbocycles. The summed E-state index contributed by atoms with van der Waals surface area (Å²) in [6.45, 7) is 0. The fourth-order valence-electron chi connectivity index (χ4n) is 3.44. The number of nitrogens with zero attached hydrogens (tertiary/aromatic N) is 1. The molecule has 1 N–H and O–H groups in total. The van der Waals surface area contributed by atoms with Crippen LogP contribution in [0.25, 0.3) is 11.1 Å². The molecule has 1 atom stereocenters. The van der Waals surface area contributed by atoms with Gasteiger partial charge in [0, 0.05) is 24.9 Å². The Hall–Kier alpha value is -2.65. The predicted octanol–water partition coefficient (Wildman–Crippen LogP) is 2.65. The Morgan fingerprint density at radius 2 is 1.64 bits per heavy atom. The Morgan fingerprint density at radius 3 is 2.41 bits per heavy atom. The Bertz CT molecular complexity index is 928. The van der Waals surface area contributed by atoms with Gasteiger partial charge in [0.2, 0.25) is 0 Å². The molecule has 0 fully saturated rings. The smallest absolute Gasteiger partial charge is 0.189 e. The number of rotatable bonds is 1. The van der Waals surface area contributed by atoms with Crippen LogP contribution in [-0.2, 0) is 12.6 Å². The molecule has 22 heavy (non-hydrogen) atoms. The second-order valence-electron chi connectivity index (χ2n) is 5.64. The van der Waals surface area contributed by atoms with E-state index in [1.54, 1.807) is 12.3 Å². The zero-order chi connectivity index (χ0) is 15.3. The van der Waals surface area contributed by atoms with Crippen LogP contribution in [0.4, 0.5) is 0 Å². The van der Waals surface area contributed by atoms with E-state index in [4.69, 9.17) is 0 Å². The summed E-state index contributed by atoms with van der Waals surface area (Å²) >= 11 is 0. The Labute approximate surface area is 128 Å². The third-order valence-corrected chi connectivity index (χ3v) is 4.41. The summed E-state index contributed by atoms with van der Waals surface area (Å²) in [6, 6.07) is 18.6. The highest BCUT2D eigenvalue weighted by atomic mass is 16.3. The second-order valence-corrected chi connectivity index (χ2v) is 5.64. The largest absolute Gasteiger partial charge is 0.374 e. The standard InChI is InChI=1S/C19H15NO2/c1-20-12-11-16(21)17-14-9-5-6-10-15(14)19(22,18(17)20)13-7-3-2-4-8-13/h2-12,22H,1H3. The normalized spacial score (nSPS) is 18.8. The number of fused-ring (bicyclic) bond motifs is 3. The van der Waals surface area contributed by atoms with Crippen molar-refractivity contribution < 1.29 is 5.11 Å². The lowest BCUT2D eigenvalue weighted by Crippen LogP contribution is -2.30. The number of benzene rings is 2. The Morgan fingerprint density at radius 1 is 0.955 bits per heavy atom. The van der Waals surface area contributed by atoms with Crippen molar-refractivity contribution in [2.75, 3.05) is 0 Å². The molecule has 0 bridgehead atoms. The van der Waals surface area contributed by atoms with Crippen LogP contribution in [0.3, 0.4) is 0 Å². The second kappa shape index (κ2) is 4.42. The van der Waals surface area contributed by atoms with Gasteiger partial charge in [0.1, 0.15) is 0 Å². The maximum Gasteiger partial charge on any atom is 0.189 e. The Balaban J connectivity index is 2.19. The molecular formula is C19H15NO2. The van der Waals surface area contributed by atoms with Gasteiger partial charge in [0.15, 0.2) is 11.0 Å². The number of hydrogen-bond acceptors (Lipinski definition) is 2. The molecule has 0 radical (unpaired) electrons. The highest BCUT2D eigenvalue weighted by Gasteiger charge is 2.45. The van der Waals surface area contributed by atoms with E-state index in [0.29, 0.717) is 11.3 Å². The SMILES string of the molecule is Cn1ccc(=O)c2c1C(O)(c1ccccc1)c1ccccc1-2. The maximum atomic E-state index is 12.4. The van der Waals surface area contributed by atoms with E-state index in [1.165, 1.54) is 0 Å². The van der Waals surface area contributed by atoms with Crippen molar-refractivity contribution in [3.63, 3.8) is 0 Å². The lowest BCUT2D eigenvalue weighted by atomic mass is 9.86. The summed E-state index contributed by atoms with van der Waals surface area (Å²) in [5.74, 6) is 0. The molecule has 0 spiro atoms. The third-order valence-electron chi connectivity index (χ3n) is 4.41. The monoisotopic (exact) mass is 289 g/mol. The first kappa shape index (κ1) is 13.0. The van der Waals surface area contributed by atoms with E-state index in [2.05, 4.69) is 0 Å². The van der Waals surface area contributed by atoms with Crippen molar-refractivity contribution in [1.29, 1.82) is 0 Å². The van der Waals surface area contributed by atoms with Gasteiger partial charge in [-0.2, -0.15) is 0 Å². The molecule has 0 amide bonds. The summed E-state index contributed by atoms with van der Waals surface area (Å²) in [7, 11) is 1.86. The number of aryl methyl sites for hydroxylation is 1. The topological polar surface area (TPSA) is 42.2 Å². The van der Waals surface area contributed by atoms with Gasteiger partial charge < -0.3 is 9.67 Å². The number of aromatic nitrogens is 1. The van der Waals surface area contributed by atoms with Crippen molar-refractivity contribution in [1.82, 2.24) is 4.57 Å². The van der Waals surface area contributed by atoms with Crippen LogP contribution in [0.15, 0.2) is 71.7 Å². The molecular weight excluding hydrogens is 274 g/mol. The summed E-state index contributed by atoms with van der Waals surface area (Å²) < 4.78 is 1.84. The molecule has 1 aliphatic rings. The van der Waals surface area contributed by atoms with E-state index < -0.39 is 5.60 Å². The minimum atomic E-state index is -1.30. The first-order valence-electron chi connectivity index (χ1n) is 7.22. The average Bonchev–Trinajstić information content (AvgIpc) is 2.84. The molecule has 4 rings (SSSR count). The van der Waals surface area contributed by atoms with Crippen molar-refractivity contribution in [2.45, 2.75) is 5.60 Å². The lowest BCUT2D eigenvalue weighted by molar-refractivity contribution is 0.122. The number of aliphatic hydroxyl groups is 1. The number of hydrogen-bond donors (Lipinski definition) is 1. The molecule has 0 aliphatic heterocycles. The third kappa shape index (κ3) is 1.51. The van der Waals surface area contributed by atoms with Crippen molar-refractivity contribution in [2.24, 2.45) is 7.05 Å². The molecule has 1 aliphatic carbocycles. The first-order chi connectivity index (χ1) is 10.6. The average molecular weight is 289 g/mol. The fourth-order valence-corrected chi connectivity index (χ4v) is 3.44. The van der Waals surface area contributed by atoms with Crippen LogP contribution in [0.5, 0.6) is 0 Å². The first-order valence-corrected chi connectivity index (χ1v) is 7.22. The fraction of sp³-hybridized carbons (Fsp3) is 0.105. The van der Waals surface area contributed by atoms with E-state index in [-0.39, 0.29) is 5.43 Å². The molecule has 3 aromatic rings. The molecule has 108 valence electrons. The van der Waals surface area contributed by atoms with Gasteiger partial charge in [0.25, 0.3) is 0 Å². The van der Waals surface area contributed by atoms with Gasteiger partial charge in [-0.15, -0.1) is 0 Å². The van der Waals surface area contributed by atoms with Crippen molar-refractivity contribution >= 4 is 0 Å². The summed E-state index contributed by atoms with van der Waals surface area (Å²) in [4.78, 5) is 12.4. The van der Waals surface area contributed by atoms with Gasteiger partial charge in [-0.25, -0.2) is 0 Å². The van der Waals surface area contributed by atoms with Crippen LogP contribution in [0, 0.1) is 0 Å². The van der Waals surface area contributed by atoms with Crippen LogP contribution in [0.2, 0.25) is 0 Å². The van der Waals surface area contributed by atoms with Crippen LogP contribution >= 0.6 is 0 Å². The van der Waals surface area contributed by atoms with Gasteiger partial charge in [-0.1, -0.05) is 54.6 Å². The quantitative estimate of drug-likeness (QED) is 0.748.